The molecule has 1 aromatic heterocycles. The molecule has 110 valence electrons. The predicted molar refractivity (Wildman–Crippen MR) is 83.0 cm³/mol. The number of nitrogens with zero attached hydrogens (tertiary/aromatic N) is 2. The van der Waals surface area contributed by atoms with Gasteiger partial charge in [-0.2, -0.15) is 0 Å². The number of carbonyl (C=O) groups excluding carboxylic acids is 1. The van der Waals surface area contributed by atoms with E-state index in [1.54, 1.807) is 12.1 Å². The average Bonchev–Trinajstić information content (AvgIpc) is 2.49. The van der Waals surface area contributed by atoms with Crippen molar-refractivity contribution in [2.24, 2.45) is 0 Å². The maximum absolute atomic E-state index is 11.6. The van der Waals surface area contributed by atoms with Crippen molar-refractivity contribution in [1.82, 2.24) is 15.5 Å². The van der Waals surface area contributed by atoms with Crippen LogP contribution in [0, 0.1) is 6.92 Å². The van der Waals surface area contributed by atoms with E-state index in [9.17, 15) is 4.79 Å². The molecule has 6 nitrogen and oxygen atoms in total. The van der Waals surface area contributed by atoms with Crippen LogP contribution in [0.15, 0.2) is 30.3 Å². The standard InChI is InChI=1S/C15H19N5O/c1-3-17-15(21)13-7-8-14(20-19-13)18-9-11-5-4-6-12(16)10(11)2/h4-8H,3,9,16H2,1-2H3,(H,17,21)(H,18,20). The smallest absolute Gasteiger partial charge is 0.271 e. The van der Waals surface area contributed by atoms with Crippen LogP contribution in [0.2, 0.25) is 0 Å². The normalized spacial score (nSPS) is 10.2. The van der Waals surface area contributed by atoms with E-state index in [1.807, 2.05) is 32.0 Å². The zero-order chi connectivity index (χ0) is 15.2. The summed E-state index contributed by atoms with van der Waals surface area (Å²) in [7, 11) is 0. The van der Waals surface area contributed by atoms with Crippen molar-refractivity contribution in [2.75, 3.05) is 17.6 Å². The Kier molecular flexibility index (Phi) is 4.71. The van der Waals surface area contributed by atoms with Gasteiger partial charge in [0.15, 0.2) is 5.69 Å². The molecule has 0 aliphatic heterocycles. The lowest BCUT2D eigenvalue weighted by Crippen LogP contribution is -2.24. The number of hydrogen-bond acceptors (Lipinski definition) is 5. The van der Waals surface area contributed by atoms with Crippen molar-refractivity contribution in [1.29, 1.82) is 0 Å². The van der Waals surface area contributed by atoms with E-state index >= 15 is 0 Å². The molecule has 21 heavy (non-hydrogen) atoms. The Morgan fingerprint density at radius 1 is 1.24 bits per heavy atom. The summed E-state index contributed by atoms with van der Waals surface area (Å²) in [6, 6.07) is 9.18. The predicted octanol–water partition coefficient (Wildman–Crippen LogP) is 1.73. The van der Waals surface area contributed by atoms with Gasteiger partial charge in [0.2, 0.25) is 0 Å². The second kappa shape index (κ2) is 6.69. The van der Waals surface area contributed by atoms with Crippen LogP contribution in [0.5, 0.6) is 0 Å². The van der Waals surface area contributed by atoms with Crippen LogP contribution in [-0.2, 0) is 6.54 Å². The van der Waals surface area contributed by atoms with Crippen LogP contribution < -0.4 is 16.4 Å². The minimum atomic E-state index is -0.219. The molecule has 2 rings (SSSR count). The summed E-state index contributed by atoms with van der Waals surface area (Å²) < 4.78 is 0. The van der Waals surface area contributed by atoms with Gasteiger partial charge < -0.3 is 16.4 Å². The van der Waals surface area contributed by atoms with Crippen molar-refractivity contribution in [3.8, 4) is 0 Å². The SMILES string of the molecule is CCNC(=O)c1ccc(NCc2cccc(N)c2C)nn1. The summed E-state index contributed by atoms with van der Waals surface area (Å²) in [5, 5.41) is 13.7. The second-order valence-corrected chi connectivity index (χ2v) is 4.65. The molecule has 6 heteroatoms. The fourth-order valence-electron chi connectivity index (χ4n) is 1.88. The third-order valence-electron chi connectivity index (χ3n) is 3.18. The van der Waals surface area contributed by atoms with Crippen LogP contribution >= 0.6 is 0 Å². The van der Waals surface area contributed by atoms with E-state index < -0.39 is 0 Å². The summed E-state index contributed by atoms with van der Waals surface area (Å²) in [6.07, 6.45) is 0. The summed E-state index contributed by atoms with van der Waals surface area (Å²) in [5.74, 6) is 0.396. The fourth-order valence-corrected chi connectivity index (χ4v) is 1.88. The highest BCUT2D eigenvalue weighted by Gasteiger charge is 2.07. The van der Waals surface area contributed by atoms with Crippen molar-refractivity contribution in [3.63, 3.8) is 0 Å². The van der Waals surface area contributed by atoms with E-state index in [0.717, 1.165) is 16.8 Å². The van der Waals surface area contributed by atoms with Crippen molar-refractivity contribution < 1.29 is 4.79 Å². The van der Waals surface area contributed by atoms with Gasteiger partial charge in [0.05, 0.1) is 0 Å². The largest absolute Gasteiger partial charge is 0.399 e. The number of rotatable bonds is 5. The van der Waals surface area contributed by atoms with Gasteiger partial charge in [0.1, 0.15) is 5.82 Å². The Morgan fingerprint density at radius 2 is 2.05 bits per heavy atom. The lowest BCUT2D eigenvalue weighted by molar-refractivity contribution is 0.0950. The number of nitrogens with two attached hydrogens (primary N) is 1. The van der Waals surface area contributed by atoms with E-state index in [-0.39, 0.29) is 5.91 Å². The zero-order valence-electron chi connectivity index (χ0n) is 12.2. The highest BCUT2D eigenvalue weighted by Crippen LogP contribution is 2.16. The molecular formula is C15H19N5O. The first-order chi connectivity index (χ1) is 10.1. The molecular weight excluding hydrogens is 266 g/mol. The molecule has 0 aliphatic rings. The summed E-state index contributed by atoms with van der Waals surface area (Å²) in [6.45, 7) is 5.01. The van der Waals surface area contributed by atoms with Gasteiger partial charge in [-0.1, -0.05) is 12.1 Å². The van der Waals surface area contributed by atoms with E-state index in [2.05, 4.69) is 20.8 Å². The Bertz CT molecular complexity index is 624. The minimum absolute atomic E-state index is 0.219. The van der Waals surface area contributed by atoms with Crippen LogP contribution in [-0.4, -0.2) is 22.6 Å². The minimum Gasteiger partial charge on any atom is -0.399 e. The molecule has 1 heterocycles. The molecule has 2 aromatic rings. The lowest BCUT2D eigenvalue weighted by atomic mass is 10.1. The van der Waals surface area contributed by atoms with Gasteiger partial charge in [-0.3, -0.25) is 4.79 Å². The molecule has 0 fully saturated rings. The van der Waals surface area contributed by atoms with E-state index in [0.29, 0.717) is 24.6 Å². The van der Waals surface area contributed by atoms with Gasteiger partial charge in [-0.15, -0.1) is 10.2 Å². The quantitative estimate of drug-likeness (QED) is 0.727. The van der Waals surface area contributed by atoms with Gasteiger partial charge in [0, 0.05) is 18.8 Å². The first-order valence-electron chi connectivity index (χ1n) is 6.81. The molecule has 0 atom stereocenters. The van der Waals surface area contributed by atoms with Crippen LogP contribution in [0.1, 0.15) is 28.5 Å². The molecule has 1 aromatic carbocycles. The first-order valence-corrected chi connectivity index (χ1v) is 6.81. The molecule has 0 saturated carbocycles. The van der Waals surface area contributed by atoms with E-state index in [1.165, 1.54) is 0 Å². The zero-order valence-corrected chi connectivity index (χ0v) is 12.2. The summed E-state index contributed by atoms with van der Waals surface area (Å²) in [4.78, 5) is 11.6. The van der Waals surface area contributed by atoms with Crippen molar-refractivity contribution >= 4 is 17.4 Å². The average molecular weight is 285 g/mol. The number of carbonyl (C=O) groups is 1. The molecule has 0 bridgehead atoms. The Morgan fingerprint density at radius 3 is 2.71 bits per heavy atom. The number of amides is 1. The Hall–Kier alpha value is -2.63. The van der Waals surface area contributed by atoms with Crippen LogP contribution in [0.3, 0.4) is 0 Å². The number of aromatic nitrogens is 2. The third kappa shape index (κ3) is 3.68. The van der Waals surface area contributed by atoms with E-state index in [4.69, 9.17) is 5.73 Å². The van der Waals surface area contributed by atoms with Crippen LogP contribution in [0.4, 0.5) is 11.5 Å². The number of benzene rings is 1. The molecule has 0 unspecified atom stereocenters. The summed E-state index contributed by atoms with van der Waals surface area (Å²) in [5.41, 5.74) is 9.10. The maximum Gasteiger partial charge on any atom is 0.271 e. The number of nitrogen functional groups attached to an aromatic ring is 1. The number of anilines is 2. The third-order valence-corrected chi connectivity index (χ3v) is 3.18. The summed E-state index contributed by atoms with van der Waals surface area (Å²) >= 11 is 0. The topological polar surface area (TPSA) is 92.9 Å². The number of nitrogens with one attached hydrogen (secondary N) is 2. The van der Waals surface area contributed by atoms with Crippen molar-refractivity contribution in [2.45, 2.75) is 20.4 Å². The first kappa shape index (κ1) is 14.8. The molecule has 4 N–H and O–H groups in total. The second-order valence-electron chi connectivity index (χ2n) is 4.65. The molecule has 0 spiro atoms. The highest BCUT2D eigenvalue weighted by atomic mass is 16.1. The molecule has 0 radical (unpaired) electrons. The fraction of sp³-hybridized carbons (Fsp3) is 0.267. The molecule has 1 amide bonds. The lowest BCUT2D eigenvalue weighted by Gasteiger charge is -2.10. The molecule has 0 saturated heterocycles. The monoisotopic (exact) mass is 285 g/mol. The number of hydrogen-bond donors (Lipinski definition) is 3. The maximum atomic E-state index is 11.6. The van der Waals surface area contributed by atoms with Gasteiger partial charge in [-0.25, -0.2) is 0 Å². The highest BCUT2D eigenvalue weighted by molar-refractivity contribution is 5.92. The Labute approximate surface area is 123 Å². The molecule has 0 aliphatic carbocycles. The van der Waals surface area contributed by atoms with Crippen molar-refractivity contribution in [3.05, 3.63) is 47.2 Å². The van der Waals surface area contributed by atoms with Crippen LogP contribution in [0.25, 0.3) is 0 Å². The van der Waals surface area contributed by atoms with Gasteiger partial charge in [-0.05, 0) is 43.2 Å². The van der Waals surface area contributed by atoms with Gasteiger partial charge >= 0.3 is 0 Å². The Balaban J connectivity index is 2.01. The van der Waals surface area contributed by atoms with Gasteiger partial charge in [0.25, 0.3) is 5.91 Å².